The number of pyridine rings is 1. The maximum atomic E-state index is 12.5. The Balaban J connectivity index is 1.52. The topological polar surface area (TPSA) is 69.5 Å². The molecule has 1 spiro atoms. The fourth-order valence-electron chi connectivity index (χ4n) is 5.28. The van der Waals surface area contributed by atoms with E-state index in [1.54, 1.807) is 0 Å². The van der Waals surface area contributed by atoms with Crippen molar-refractivity contribution in [2.75, 3.05) is 31.7 Å². The number of methoxy groups -OCH3 is 1. The lowest BCUT2D eigenvalue weighted by atomic mass is 9.81. The van der Waals surface area contributed by atoms with E-state index in [1.807, 2.05) is 41.1 Å². The molecule has 1 aliphatic carbocycles. The number of benzene rings is 1. The quantitative estimate of drug-likeness (QED) is 0.575. The Labute approximate surface area is 187 Å². The first-order valence-corrected chi connectivity index (χ1v) is 11.6. The van der Waals surface area contributed by atoms with E-state index in [4.69, 9.17) is 19.6 Å². The van der Waals surface area contributed by atoms with Crippen molar-refractivity contribution in [3.8, 4) is 5.69 Å². The fourth-order valence-corrected chi connectivity index (χ4v) is 5.28. The van der Waals surface area contributed by atoms with Crippen molar-refractivity contribution >= 4 is 22.7 Å². The predicted molar refractivity (Wildman–Crippen MR) is 122 cm³/mol. The first kappa shape index (κ1) is 19.7. The van der Waals surface area contributed by atoms with Gasteiger partial charge in [-0.1, -0.05) is 24.6 Å². The van der Waals surface area contributed by atoms with Crippen LogP contribution in [0.5, 0.6) is 0 Å². The second kappa shape index (κ2) is 7.59. The first-order chi connectivity index (χ1) is 15.7. The largest absolute Gasteiger partial charge is 0.464 e. The number of ether oxygens (including phenoxy) is 2. The third-order valence-corrected chi connectivity index (χ3v) is 7.26. The van der Waals surface area contributed by atoms with E-state index in [9.17, 15) is 4.79 Å². The van der Waals surface area contributed by atoms with E-state index in [1.165, 1.54) is 20.0 Å². The van der Waals surface area contributed by atoms with E-state index in [0.717, 1.165) is 73.5 Å². The van der Waals surface area contributed by atoms with Gasteiger partial charge in [0.15, 0.2) is 11.3 Å². The van der Waals surface area contributed by atoms with E-state index < -0.39 is 5.97 Å². The van der Waals surface area contributed by atoms with Gasteiger partial charge in [0.1, 0.15) is 5.60 Å². The van der Waals surface area contributed by atoms with Gasteiger partial charge in [0.2, 0.25) is 0 Å². The number of nitrogens with zero attached hydrogens (tertiary/aromatic N) is 4. The van der Waals surface area contributed by atoms with E-state index in [2.05, 4.69) is 4.90 Å². The number of aromatic nitrogens is 3. The second-order valence-electron chi connectivity index (χ2n) is 9.32. The van der Waals surface area contributed by atoms with Gasteiger partial charge in [-0.3, -0.25) is 0 Å². The van der Waals surface area contributed by atoms with Crippen molar-refractivity contribution in [2.24, 2.45) is 0 Å². The van der Waals surface area contributed by atoms with Crippen LogP contribution in [-0.4, -0.2) is 53.1 Å². The van der Waals surface area contributed by atoms with Crippen molar-refractivity contribution < 1.29 is 14.3 Å². The summed E-state index contributed by atoms with van der Waals surface area (Å²) in [6.45, 7) is 2.52. The average Bonchev–Trinajstić information content (AvgIpc) is 3.15. The van der Waals surface area contributed by atoms with Crippen LogP contribution in [0.2, 0.25) is 0 Å². The van der Waals surface area contributed by atoms with Crippen molar-refractivity contribution in [3.63, 3.8) is 0 Å². The molecule has 0 amide bonds. The van der Waals surface area contributed by atoms with E-state index in [-0.39, 0.29) is 5.60 Å². The number of carbonyl (C=O) groups excluding carboxylic acids is 1. The Hall–Kier alpha value is -2.93. The molecule has 0 N–H and O–H groups in total. The van der Waals surface area contributed by atoms with Crippen LogP contribution in [0.25, 0.3) is 16.7 Å². The molecule has 2 aliphatic heterocycles. The maximum absolute atomic E-state index is 12.5. The molecule has 1 aromatic carbocycles. The van der Waals surface area contributed by atoms with Gasteiger partial charge in [-0.05, 0) is 50.3 Å². The molecule has 0 atom stereocenters. The highest BCUT2D eigenvalue weighted by Gasteiger charge is 2.46. The Morgan fingerprint density at radius 2 is 1.97 bits per heavy atom. The molecule has 0 unspecified atom stereocenters. The van der Waals surface area contributed by atoms with Crippen LogP contribution < -0.4 is 4.90 Å². The molecule has 2 aromatic heterocycles. The highest BCUT2D eigenvalue weighted by molar-refractivity contribution is 5.99. The minimum absolute atomic E-state index is 0.0503. The van der Waals surface area contributed by atoms with Crippen LogP contribution in [0.4, 0.5) is 5.69 Å². The van der Waals surface area contributed by atoms with Crippen LogP contribution in [0.1, 0.15) is 60.6 Å². The van der Waals surface area contributed by atoms with Gasteiger partial charge in [0.25, 0.3) is 0 Å². The van der Waals surface area contributed by atoms with Crippen LogP contribution in [0.15, 0.2) is 36.4 Å². The highest BCUT2D eigenvalue weighted by Crippen LogP contribution is 2.45. The van der Waals surface area contributed by atoms with Gasteiger partial charge < -0.3 is 14.4 Å². The van der Waals surface area contributed by atoms with Crippen molar-refractivity contribution in [1.29, 1.82) is 0 Å². The van der Waals surface area contributed by atoms with Gasteiger partial charge in [-0.25, -0.2) is 14.5 Å². The minimum atomic E-state index is -0.427. The summed E-state index contributed by atoms with van der Waals surface area (Å²) in [6.07, 6.45) is 6.97. The van der Waals surface area contributed by atoms with Gasteiger partial charge >= 0.3 is 5.97 Å². The molecule has 7 heteroatoms. The van der Waals surface area contributed by atoms with Gasteiger partial charge in [0.05, 0.1) is 29.6 Å². The van der Waals surface area contributed by atoms with Crippen LogP contribution in [0, 0.1) is 0 Å². The third-order valence-electron chi connectivity index (χ3n) is 7.26. The van der Waals surface area contributed by atoms with Crippen LogP contribution >= 0.6 is 0 Å². The van der Waals surface area contributed by atoms with Crippen molar-refractivity contribution in [3.05, 3.63) is 47.8 Å². The van der Waals surface area contributed by atoms with Crippen LogP contribution in [-0.2, 0) is 9.47 Å². The van der Waals surface area contributed by atoms with Crippen molar-refractivity contribution in [1.82, 2.24) is 14.8 Å². The summed E-state index contributed by atoms with van der Waals surface area (Å²) in [5, 5.41) is 6.12. The molecule has 3 aromatic rings. The van der Waals surface area contributed by atoms with E-state index >= 15 is 0 Å². The molecule has 0 radical (unpaired) electrons. The summed E-state index contributed by atoms with van der Waals surface area (Å²) in [6, 6.07) is 11.9. The Bertz CT molecular complexity index is 1150. The molecular formula is C25H28N4O3. The Morgan fingerprint density at radius 3 is 2.62 bits per heavy atom. The molecule has 166 valence electrons. The molecule has 3 aliphatic rings. The summed E-state index contributed by atoms with van der Waals surface area (Å²) in [5.41, 5.74) is 4.06. The summed E-state index contributed by atoms with van der Waals surface area (Å²) < 4.78 is 13.1. The molecule has 32 heavy (non-hydrogen) atoms. The molecular weight excluding hydrogens is 404 g/mol. The second-order valence-corrected chi connectivity index (χ2v) is 9.32. The standard InChI is InChI=1S/C25H28N4O3/c1-31-24(30)19-14-20(28-15-25(16-28)12-5-6-13-32-25)21-22(17-8-7-9-17)27-29(23(21)26-19)18-10-3-2-4-11-18/h2-4,10-11,14,17H,5-9,12-13,15-16H2,1H3. The minimum Gasteiger partial charge on any atom is -0.464 e. The first-order valence-electron chi connectivity index (χ1n) is 11.6. The molecule has 1 saturated carbocycles. The number of anilines is 1. The SMILES string of the molecule is COC(=O)c1cc(N2CC3(CCCCO3)C2)c2c(C3CCC3)nn(-c3ccccc3)c2n1. The van der Waals surface area contributed by atoms with Gasteiger partial charge in [0, 0.05) is 25.6 Å². The fraction of sp³-hybridized carbons (Fsp3) is 0.480. The zero-order chi connectivity index (χ0) is 21.7. The zero-order valence-electron chi connectivity index (χ0n) is 18.4. The molecule has 7 nitrogen and oxygen atoms in total. The van der Waals surface area contributed by atoms with Crippen LogP contribution in [0.3, 0.4) is 0 Å². The lowest BCUT2D eigenvalue weighted by Gasteiger charge is -2.53. The number of fused-ring (bicyclic) bond motifs is 1. The zero-order valence-corrected chi connectivity index (χ0v) is 18.4. The molecule has 2 saturated heterocycles. The lowest BCUT2D eigenvalue weighted by molar-refractivity contribution is -0.0948. The predicted octanol–water partition coefficient (Wildman–Crippen LogP) is 4.23. The molecule has 3 fully saturated rings. The summed E-state index contributed by atoms with van der Waals surface area (Å²) in [7, 11) is 1.40. The summed E-state index contributed by atoms with van der Waals surface area (Å²) >= 11 is 0. The van der Waals surface area contributed by atoms with Crippen molar-refractivity contribution in [2.45, 2.75) is 50.0 Å². The Kier molecular flexibility index (Phi) is 4.68. The Morgan fingerprint density at radius 1 is 1.16 bits per heavy atom. The summed E-state index contributed by atoms with van der Waals surface area (Å²) in [4.78, 5) is 19.6. The summed E-state index contributed by atoms with van der Waals surface area (Å²) in [5.74, 6) is 0.0106. The number of rotatable bonds is 4. The average molecular weight is 433 g/mol. The third kappa shape index (κ3) is 3.10. The molecule has 4 heterocycles. The number of carbonyl (C=O) groups is 1. The lowest BCUT2D eigenvalue weighted by Crippen LogP contribution is -2.64. The molecule has 0 bridgehead atoms. The number of para-hydroxylation sites is 1. The van der Waals surface area contributed by atoms with Gasteiger partial charge in [-0.15, -0.1) is 0 Å². The van der Waals surface area contributed by atoms with E-state index in [0.29, 0.717) is 11.6 Å². The monoisotopic (exact) mass is 432 g/mol. The molecule has 6 rings (SSSR count). The normalized spacial score (nSPS) is 20.2. The van der Waals surface area contributed by atoms with Gasteiger partial charge in [-0.2, -0.15) is 5.10 Å². The number of hydrogen-bond acceptors (Lipinski definition) is 6. The maximum Gasteiger partial charge on any atom is 0.356 e. The number of esters is 1. The smallest absolute Gasteiger partial charge is 0.356 e. The number of hydrogen-bond donors (Lipinski definition) is 0. The highest BCUT2D eigenvalue weighted by atomic mass is 16.5.